The zero-order chi connectivity index (χ0) is 15.1. The Bertz CT molecular complexity index is 534. The first kappa shape index (κ1) is 15.1. The molecule has 2 rings (SSSR count). The molecule has 1 saturated carbocycles. The fraction of sp³-hybridized carbons (Fsp3) is 0.375. The highest BCUT2D eigenvalue weighted by atomic mass is 16.4. The van der Waals surface area contributed by atoms with E-state index >= 15 is 0 Å². The summed E-state index contributed by atoms with van der Waals surface area (Å²) in [4.78, 5) is 22.6. The Hall–Kier alpha value is -2.30. The summed E-state index contributed by atoms with van der Waals surface area (Å²) in [5.41, 5.74) is 0.601. The highest BCUT2D eigenvalue weighted by Gasteiger charge is 2.10. The van der Waals surface area contributed by atoms with Crippen LogP contribution in [0.5, 0.6) is 0 Å². The third-order valence-corrected chi connectivity index (χ3v) is 3.60. The molecule has 0 aliphatic heterocycles. The predicted molar refractivity (Wildman–Crippen MR) is 81.3 cm³/mol. The number of benzene rings is 1. The van der Waals surface area contributed by atoms with Crippen LogP contribution in [-0.4, -0.2) is 17.1 Å². The SMILES string of the molecule is O=C(N/C=C/C1CCCCC1)Nc1cccc(C(=O)O)c1. The van der Waals surface area contributed by atoms with Crippen LogP contribution in [-0.2, 0) is 0 Å². The van der Waals surface area contributed by atoms with Gasteiger partial charge < -0.3 is 15.7 Å². The summed E-state index contributed by atoms with van der Waals surface area (Å²) in [6.45, 7) is 0. The maximum Gasteiger partial charge on any atom is 0.335 e. The average molecular weight is 288 g/mol. The van der Waals surface area contributed by atoms with Crippen LogP contribution in [0.4, 0.5) is 10.5 Å². The lowest BCUT2D eigenvalue weighted by atomic mass is 9.89. The molecule has 0 radical (unpaired) electrons. The van der Waals surface area contributed by atoms with Gasteiger partial charge in [-0.2, -0.15) is 0 Å². The van der Waals surface area contributed by atoms with Crippen molar-refractivity contribution in [1.29, 1.82) is 0 Å². The van der Waals surface area contributed by atoms with E-state index in [0.29, 0.717) is 11.6 Å². The maximum atomic E-state index is 11.7. The van der Waals surface area contributed by atoms with E-state index in [1.165, 1.54) is 44.2 Å². The van der Waals surface area contributed by atoms with Crippen LogP contribution in [0.25, 0.3) is 0 Å². The van der Waals surface area contributed by atoms with Gasteiger partial charge in [-0.15, -0.1) is 0 Å². The van der Waals surface area contributed by atoms with Gasteiger partial charge in [0.25, 0.3) is 0 Å². The maximum absolute atomic E-state index is 11.7. The van der Waals surface area contributed by atoms with Gasteiger partial charge in [0, 0.05) is 11.9 Å². The van der Waals surface area contributed by atoms with E-state index in [2.05, 4.69) is 10.6 Å². The second kappa shape index (κ2) is 7.47. The summed E-state index contributed by atoms with van der Waals surface area (Å²) in [6.07, 6.45) is 9.88. The monoisotopic (exact) mass is 288 g/mol. The molecule has 0 atom stereocenters. The molecule has 1 fully saturated rings. The Balaban J connectivity index is 1.82. The van der Waals surface area contributed by atoms with Crippen molar-refractivity contribution < 1.29 is 14.7 Å². The third-order valence-electron chi connectivity index (χ3n) is 3.60. The topological polar surface area (TPSA) is 78.4 Å². The van der Waals surface area contributed by atoms with Gasteiger partial charge in [0.2, 0.25) is 0 Å². The van der Waals surface area contributed by atoms with Crippen molar-refractivity contribution in [3.8, 4) is 0 Å². The quantitative estimate of drug-likeness (QED) is 0.792. The van der Waals surface area contributed by atoms with Crippen LogP contribution in [0.1, 0.15) is 42.5 Å². The molecule has 0 saturated heterocycles. The first-order chi connectivity index (χ1) is 10.1. The largest absolute Gasteiger partial charge is 0.478 e. The fourth-order valence-corrected chi connectivity index (χ4v) is 2.48. The predicted octanol–water partition coefficient (Wildman–Crippen LogP) is 3.60. The standard InChI is InChI=1S/C16H20N2O3/c19-15(20)13-7-4-8-14(11-13)18-16(21)17-10-9-12-5-2-1-3-6-12/h4,7-12H,1-3,5-6H2,(H,19,20)(H2,17,18,21)/b10-9+. The first-order valence-corrected chi connectivity index (χ1v) is 7.23. The normalized spacial score (nSPS) is 15.8. The lowest BCUT2D eigenvalue weighted by Crippen LogP contribution is -2.24. The van der Waals surface area contributed by atoms with Crippen molar-refractivity contribution in [2.45, 2.75) is 32.1 Å². The molecule has 5 nitrogen and oxygen atoms in total. The Morgan fingerprint density at radius 3 is 2.67 bits per heavy atom. The lowest BCUT2D eigenvalue weighted by Gasteiger charge is -2.17. The zero-order valence-electron chi connectivity index (χ0n) is 11.8. The molecule has 112 valence electrons. The average Bonchev–Trinajstić information content (AvgIpc) is 2.48. The van der Waals surface area contributed by atoms with Gasteiger partial charge in [-0.05, 0) is 37.0 Å². The van der Waals surface area contributed by atoms with E-state index in [-0.39, 0.29) is 11.6 Å². The Kier molecular flexibility index (Phi) is 5.37. The number of aromatic carboxylic acids is 1. The molecule has 2 amide bonds. The number of hydrogen-bond donors (Lipinski definition) is 3. The Labute approximate surface area is 124 Å². The number of carbonyl (C=O) groups is 2. The van der Waals surface area contributed by atoms with Crippen molar-refractivity contribution in [1.82, 2.24) is 5.32 Å². The molecule has 0 heterocycles. The van der Waals surface area contributed by atoms with Crippen molar-refractivity contribution >= 4 is 17.7 Å². The smallest absolute Gasteiger partial charge is 0.335 e. The summed E-state index contributed by atoms with van der Waals surface area (Å²) >= 11 is 0. The van der Waals surface area contributed by atoms with E-state index in [4.69, 9.17) is 5.11 Å². The molecule has 0 unspecified atom stereocenters. The minimum atomic E-state index is -1.02. The second-order valence-electron chi connectivity index (χ2n) is 5.24. The number of carboxylic acids is 1. The minimum absolute atomic E-state index is 0.144. The van der Waals surface area contributed by atoms with Gasteiger partial charge in [0.05, 0.1) is 5.56 Å². The third kappa shape index (κ3) is 4.95. The number of nitrogens with one attached hydrogen (secondary N) is 2. The van der Waals surface area contributed by atoms with Crippen LogP contribution in [0.2, 0.25) is 0 Å². The molecule has 1 aromatic carbocycles. The molecular formula is C16H20N2O3. The number of allylic oxidation sites excluding steroid dienone is 1. The number of carbonyl (C=O) groups excluding carboxylic acids is 1. The summed E-state index contributed by atoms with van der Waals surface area (Å²) in [6, 6.07) is 5.78. The molecule has 5 heteroatoms. The van der Waals surface area contributed by atoms with Crippen molar-refractivity contribution in [3.63, 3.8) is 0 Å². The summed E-state index contributed by atoms with van der Waals surface area (Å²) in [5, 5.41) is 14.1. The second-order valence-corrected chi connectivity index (χ2v) is 5.24. The summed E-state index contributed by atoms with van der Waals surface area (Å²) in [7, 11) is 0. The van der Waals surface area contributed by atoms with Gasteiger partial charge >= 0.3 is 12.0 Å². The summed E-state index contributed by atoms with van der Waals surface area (Å²) in [5.74, 6) is -0.467. The number of amides is 2. The van der Waals surface area contributed by atoms with Gasteiger partial charge in [-0.25, -0.2) is 9.59 Å². The van der Waals surface area contributed by atoms with Gasteiger partial charge in [0.15, 0.2) is 0 Å². The number of hydrogen-bond acceptors (Lipinski definition) is 2. The van der Waals surface area contributed by atoms with Gasteiger partial charge in [0.1, 0.15) is 0 Å². The first-order valence-electron chi connectivity index (χ1n) is 7.23. The molecule has 21 heavy (non-hydrogen) atoms. The van der Waals surface area contributed by atoms with Crippen LogP contribution in [0, 0.1) is 5.92 Å². The number of urea groups is 1. The number of rotatable bonds is 4. The van der Waals surface area contributed by atoms with Crippen LogP contribution in [0.3, 0.4) is 0 Å². The van der Waals surface area contributed by atoms with E-state index in [1.54, 1.807) is 18.3 Å². The van der Waals surface area contributed by atoms with E-state index in [0.717, 1.165) is 0 Å². The Morgan fingerprint density at radius 2 is 1.95 bits per heavy atom. The number of carboxylic acid groups (broad SMARTS) is 1. The highest BCUT2D eigenvalue weighted by Crippen LogP contribution is 2.24. The van der Waals surface area contributed by atoms with Crippen LogP contribution >= 0.6 is 0 Å². The number of anilines is 1. The van der Waals surface area contributed by atoms with Gasteiger partial charge in [-0.3, -0.25) is 0 Å². The van der Waals surface area contributed by atoms with E-state index in [9.17, 15) is 9.59 Å². The molecule has 0 spiro atoms. The lowest BCUT2D eigenvalue weighted by molar-refractivity contribution is 0.0697. The van der Waals surface area contributed by atoms with Crippen molar-refractivity contribution in [2.75, 3.05) is 5.32 Å². The van der Waals surface area contributed by atoms with Crippen LogP contribution < -0.4 is 10.6 Å². The molecular weight excluding hydrogens is 268 g/mol. The van der Waals surface area contributed by atoms with Gasteiger partial charge in [-0.1, -0.05) is 31.4 Å². The van der Waals surface area contributed by atoms with Crippen molar-refractivity contribution in [3.05, 3.63) is 42.1 Å². The molecule has 1 aromatic rings. The zero-order valence-corrected chi connectivity index (χ0v) is 11.8. The molecule has 1 aliphatic carbocycles. The molecule has 0 bridgehead atoms. The van der Waals surface area contributed by atoms with E-state index in [1.807, 2.05) is 6.08 Å². The minimum Gasteiger partial charge on any atom is -0.478 e. The molecule has 1 aliphatic rings. The summed E-state index contributed by atoms with van der Waals surface area (Å²) < 4.78 is 0. The fourth-order valence-electron chi connectivity index (χ4n) is 2.48. The highest BCUT2D eigenvalue weighted by molar-refractivity contribution is 5.93. The molecule has 3 N–H and O–H groups in total. The molecule has 0 aromatic heterocycles. The van der Waals surface area contributed by atoms with E-state index < -0.39 is 5.97 Å². The van der Waals surface area contributed by atoms with Crippen LogP contribution in [0.15, 0.2) is 36.5 Å². The van der Waals surface area contributed by atoms with Crippen molar-refractivity contribution in [2.24, 2.45) is 5.92 Å². The Morgan fingerprint density at radius 1 is 1.19 bits per heavy atom.